The fourth-order valence-corrected chi connectivity index (χ4v) is 2.79. The minimum atomic E-state index is -5.30. The van der Waals surface area contributed by atoms with Crippen molar-refractivity contribution < 1.29 is 22.0 Å². The third-order valence-electron chi connectivity index (χ3n) is 3.73. The maximum atomic E-state index is 13.4. The summed E-state index contributed by atoms with van der Waals surface area (Å²) in [4.78, 5) is 0. The molecule has 1 fully saturated rings. The minimum absolute atomic E-state index is 0.168. The largest absolute Gasteiger partial charge is 0.445 e. The highest BCUT2D eigenvalue weighted by molar-refractivity contribution is 6.20. The van der Waals surface area contributed by atoms with Crippen LogP contribution in [0, 0.1) is 0 Å². The molecule has 1 aromatic rings. The molecule has 0 N–H and O–H groups in total. The van der Waals surface area contributed by atoms with Crippen LogP contribution in [-0.2, 0) is 0 Å². The van der Waals surface area contributed by atoms with Crippen molar-refractivity contribution in [3.63, 3.8) is 0 Å². The first-order valence-electron chi connectivity index (χ1n) is 6.66. The highest BCUT2D eigenvalue weighted by Crippen LogP contribution is 2.37. The smallest absolute Gasteiger partial charge is 0.203 e. The van der Waals surface area contributed by atoms with Gasteiger partial charge in [0.1, 0.15) is 0 Å². The van der Waals surface area contributed by atoms with Crippen molar-refractivity contribution in [3.05, 3.63) is 41.2 Å². The molecular weight excluding hydrogens is 311 g/mol. The third kappa shape index (κ3) is 3.96. The lowest BCUT2D eigenvalue weighted by Crippen LogP contribution is -2.13. The van der Waals surface area contributed by atoms with Crippen molar-refractivity contribution >= 4 is 17.4 Å². The Morgan fingerprint density at radius 2 is 1.48 bits per heavy atom. The zero-order chi connectivity index (χ0) is 15.6. The summed E-state index contributed by atoms with van der Waals surface area (Å²) in [6.45, 7) is 0. The molecular formula is C15H14ClF5. The fraction of sp³-hybridized carbons (Fsp3) is 0.467. The second-order valence-corrected chi connectivity index (χ2v) is 5.81. The van der Waals surface area contributed by atoms with Crippen LogP contribution in [0.25, 0.3) is 5.83 Å². The molecule has 1 saturated carbocycles. The van der Waals surface area contributed by atoms with Gasteiger partial charge in [0.2, 0.25) is 5.83 Å². The Morgan fingerprint density at radius 3 is 1.95 bits per heavy atom. The van der Waals surface area contributed by atoms with Gasteiger partial charge >= 0.3 is 6.18 Å². The van der Waals surface area contributed by atoms with Gasteiger partial charge in [-0.1, -0.05) is 24.3 Å². The summed E-state index contributed by atoms with van der Waals surface area (Å²) in [7, 11) is 0. The van der Waals surface area contributed by atoms with Crippen molar-refractivity contribution in [2.45, 2.75) is 43.2 Å². The number of allylic oxidation sites excluding steroid dienone is 1. The Hall–Kier alpha value is -1.10. The van der Waals surface area contributed by atoms with E-state index >= 15 is 0 Å². The first kappa shape index (κ1) is 16.3. The number of hydrogen-bond donors (Lipinski definition) is 0. The Balaban J connectivity index is 2.16. The number of alkyl halides is 4. The fourth-order valence-electron chi connectivity index (χ4n) is 2.54. The molecule has 116 valence electrons. The quantitative estimate of drug-likeness (QED) is 0.454. The topological polar surface area (TPSA) is 0 Å². The maximum absolute atomic E-state index is 13.4. The molecule has 0 radical (unpaired) electrons. The zero-order valence-electron chi connectivity index (χ0n) is 11.1. The Morgan fingerprint density at radius 1 is 0.952 bits per heavy atom. The third-order valence-corrected chi connectivity index (χ3v) is 4.17. The summed E-state index contributed by atoms with van der Waals surface area (Å²) in [5, 5.41) is 0.168. The number of hydrogen-bond acceptors (Lipinski definition) is 0. The lowest BCUT2D eigenvalue weighted by Gasteiger charge is -2.25. The molecule has 1 aliphatic carbocycles. The van der Waals surface area contributed by atoms with Crippen LogP contribution in [0.3, 0.4) is 0 Å². The van der Waals surface area contributed by atoms with Gasteiger partial charge in [0.15, 0.2) is 5.83 Å². The van der Waals surface area contributed by atoms with Gasteiger partial charge in [-0.05, 0) is 37.2 Å². The zero-order valence-corrected chi connectivity index (χ0v) is 11.8. The van der Waals surface area contributed by atoms with E-state index in [9.17, 15) is 22.0 Å². The molecule has 0 aromatic heterocycles. The molecule has 0 heterocycles. The first-order valence-corrected chi connectivity index (χ1v) is 7.09. The van der Waals surface area contributed by atoms with E-state index in [0.717, 1.165) is 31.2 Å². The van der Waals surface area contributed by atoms with Crippen LogP contribution in [0.5, 0.6) is 0 Å². The molecule has 2 rings (SSSR count). The summed E-state index contributed by atoms with van der Waals surface area (Å²) in [5.74, 6) is -4.30. The van der Waals surface area contributed by atoms with E-state index in [1.165, 1.54) is 12.1 Å². The monoisotopic (exact) mass is 324 g/mol. The summed E-state index contributed by atoms with van der Waals surface area (Å²) in [6, 6.07) is 5.47. The number of rotatable bonds is 2. The molecule has 0 amide bonds. The second-order valence-electron chi connectivity index (χ2n) is 5.20. The molecule has 0 spiro atoms. The average molecular weight is 325 g/mol. The van der Waals surface area contributed by atoms with Gasteiger partial charge in [0.25, 0.3) is 0 Å². The molecule has 0 unspecified atom stereocenters. The van der Waals surface area contributed by atoms with Crippen molar-refractivity contribution in [3.8, 4) is 0 Å². The summed E-state index contributed by atoms with van der Waals surface area (Å²) in [6.07, 6.45) is -1.76. The van der Waals surface area contributed by atoms with Gasteiger partial charge in [-0.15, -0.1) is 11.6 Å². The van der Waals surface area contributed by atoms with Crippen molar-refractivity contribution in [1.82, 2.24) is 0 Å². The molecule has 0 aliphatic heterocycles. The normalized spacial score (nSPS) is 24.7. The van der Waals surface area contributed by atoms with Crippen LogP contribution in [0.1, 0.15) is 42.7 Å². The second kappa shape index (κ2) is 6.34. The van der Waals surface area contributed by atoms with Crippen LogP contribution in [-0.4, -0.2) is 11.6 Å². The minimum Gasteiger partial charge on any atom is -0.203 e. The predicted molar refractivity (Wildman–Crippen MR) is 72.5 cm³/mol. The molecule has 21 heavy (non-hydrogen) atoms. The van der Waals surface area contributed by atoms with Gasteiger partial charge in [0.05, 0.1) is 0 Å². The average Bonchev–Trinajstić information content (AvgIpc) is 2.46. The molecule has 1 aliphatic rings. The SMILES string of the molecule is F/C(=C(/F)C(F)(F)F)c1ccc(C2CCC(Cl)CC2)cc1. The van der Waals surface area contributed by atoms with E-state index in [1.807, 2.05) is 0 Å². The van der Waals surface area contributed by atoms with Crippen molar-refractivity contribution in [2.24, 2.45) is 0 Å². The standard InChI is InChI=1S/C15H14ClF5/c16-12-7-5-10(6-8-12)9-1-3-11(4-2-9)13(17)14(18)15(19,20)21/h1-4,10,12H,5-8H2/b14-13+. The highest BCUT2D eigenvalue weighted by Gasteiger charge is 2.38. The van der Waals surface area contributed by atoms with Crippen molar-refractivity contribution in [1.29, 1.82) is 0 Å². The van der Waals surface area contributed by atoms with Crippen LogP contribution >= 0.6 is 11.6 Å². The van der Waals surface area contributed by atoms with Gasteiger partial charge in [-0.3, -0.25) is 0 Å². The van der Waals surface area contributed by atoms with Gasteiger partial charge < -0.3 is 0 Å². The number of halogens is 6. The predicted octanol–water partition coefficient (Wildman–Crippen LogP) is 6.12. The first-order chi connectivity index (χ1) is 9.79. The highest BCUT2D eigenvalue weighted by atomic mass is 35.5. The van der Waals surface area contributed by atoms with E-state index in [4.69, 9.17) is 11.6 Å². The van der Waals surface area contributed by atoms with E-state index in [1.54, 1.807) is 12.1 Å². The summed E-state index contributed by atoms with van der Waals surface area (Å²) >= 11 is 6.01. The summed E-state index contributed by atoms with van der Waals surface area (Å²) < 4.78 is 62.6. The van der Waals surface area contributed by atoms with Gasteiger partial charge in [-0.25, -0.2) is 4.39 Å². The molecule has 0 saturated heterocycles. The van der Waals surface area contributed by atoms with Crippen LogP contribution in [0.2, 0.25) is 0 Å². The maximum Gasteiger partial charge on any atom is 0.445 e. The Bertz CT molecular complexity index is 510. The van der Waals surface area contributed by atoms with Crippen molar-refractivity contribution in [2.75, 3.05) is 0 Å². The molecule has 0 atom stereocenters. The lowest BCUT2D eigenvalue weighted by molar-refractivity contribution is -0.108. The van der Waals surface area contributed by atoms with E-state index in [0.29, 0.717) is 0 Å². The van der Waals surface area contributed by atoms with Crippen LogP contribution < -0.4 is 0 Å². The van der Waals surface area contributed by atoms with E-state index in [-0.39, 0.29) is 11.3 Å². The Kier molecular flexibility index (Phi) is 4.91. The van der Waals surface area contributed by atoms with Gasteiger partial charge in [-0.2, -0.15) is 17.6 Å². The van der Waals surface area contributed by atoms with Gasteiger partial charge in [0, 0.05) is 10.9 Å². The molecule has 0 bridgehead atoms. The molecule has 6 heteroatoms. The molecule has 1 aromatic carbocycles. The summed E-state index contributed by atoms with van der Waals surface area (Å²) in [5.41, 5.74) is 0.516. The van der Waals surface area contributed by atoms with E-state index < -0.39 is 23.4 Å². The number of benzene rings is 1. The van der Waals surface area contributed by atoms with Crippen LogP contribution in [0.15, 0.2) is 30.1 Å². The Labute approximate surface area is 124 Å². The van der Waals surface area contributed by atoms with Crippen LogP contribution in [0.4, 0.5) is 22.0 Å². The molecule has 0 nitrogen and oxygen atoms in total. The lowest BCUT2D eigenvalue weighted by atomic mass is 9.83. The van der Waals surface area contributed by atoms with E-state index in [2.05, 4.69) is 0 Å².